The molecule has 2 aromatic heterocycles. The first-order chi connectivity index (χ1) is 9.65. The number of H-pyrrole nitrogens is 2. The van der Waals surface area contributed by atoms with Crippen molar-refractivity contribution in [2.45, 2.75) is 6.54 Å². The first-order valence-corrected chi connectivity index (χ1v) is 6.53. The lowest BCUT2D eigenvalue weighted by Gasteiger charge is -2.00. The van der Waals surface area contributed by atoms with Crippen LogP contribution in [0, 0.1) is 5.82 Å². The van der Waals surface area contributed by atoms with E-state index in [9.17, 15) is 9.18 Å². The molecule has 1 amide bonds. The number of amides is 1. The summed E-state index contributed by atoms with van der Waals surface area (Å²) >= 11 is 3.27. The van der Waals surface area contributed by atoms with Crippen LogP contribution in [-0.2, 0) is 6.54 Å². The molecule has 0 atom stereocenters. The van der Waals surface area contributed by atoms with Crippen LogP contribution in [0.25, 0.3) is 10.9 Å². The highest BCUT2D eigenvalue weighted by Crippen LogP contribution is 2.24. The Bertz CT molecular complexity index is 768. The van der Waals surface area contributed by atoms with E-state index in [0.717, 1.165) is 4.47 Å². The normalized spacial score (nSPS) is 10.9. The highest BCUT2D eigenvalue weighted by atomic mass is 79.9. The van der Waals surface area contributed by atoms with Gasteiger partial charge in [-0.05, 0) is 18.2 Å². The highest BCUT2D eigenvalue weighted by Gasteiger charge is 2.18. The predicted octanol–water partition coefficient (Wildman–Crippen LogP) is 2.12. The van der Waals surface area contributed by atoms with Crippen molar-refractivity contribution in [2.24, 2.45) is 0 Å². The summed E-state index contributed by atoms with van der Waals surface area (Å²) in [5, 5.41) is 9.19. The molecule has 0 spiro atoms. The highest BCUT2D eigenvalue weighted by molar-refractivity contribution is 9.10. The number of carbonyl (C=O) groups excluding carboxylic acids is 1. The fourth-order valence-corrected chi connectivity index (χ4v) is 2.22. The van der Waals surface area contributed by atoms with Crippen molar-refractivity contribution in [2.75, 3.05) is 0 Å². The minimum Gasteiger partial charge on any atom is -0.348 e. The second-order valence-corrected chi connectivity index (χ2v) is 5.03. The van der Waals surface area contributed by atoms with Crippen LogP contribution in [0.4, 0.5) is 4.39 Å². The SMILES string of the molecule is O=C(NCc1ncn[nH]1)c1[nH]c2ccc(Br)cc2c1F. The number of hydrogen-bond acceptors (Lipinski definition) is 3. The van der Waals surface area contributed by atoms with Gasteiger partial charge < -0.3 is 10.3 Å². The van der Waals surface area contributed by atoms with Crippen molar-refractivity contribution in [3.8, 4) is 0 Å². The molecule has 20 heavy (non-hydrogen) atoms. The Labute approximate surface area is 120 Å². The third-order valence-electron chi connectivity index (χ3n) is 2.81. The van der Waals surface area contributed by atoms with Crippen LogP contribution in [0.1, 0.15) is 16.3 Å². The average molecular weight is 338 g/mol. The molecule has 1 aromatic carbocycles. The van der Waals surface area contributed by atoms with Gasteiger partial charge in [0, 0.05) is 15.4 Å². The molecule has 3 aromatic rings. The smallest absolute Gasteiger partial charge is 0.271 e. The van der Waals surface area contributed by atoms with Gasteiger partial charge in [-0.15, -0.1) is 0 Å². The molecule has 0 bridgehead atoms. The van der Waals surface area contributed by atoms with Gasteiger partial charge in [-0.3, -0.25) is 9.89 Å². The quantitative estimate of drug-likeness (QED) is 0.684. The number of hydrogen-bond donors (Lipinski definition) is 3. The number of nitrogens with one attached hydrogen (secondary N) is 3. The fraction of sp³-hybridized carbons (Fsp3) is 0.0833. The molecule has 0 saturated heterocycles. The number of carbonyl (C=O) groups is 1. The second kappa shape index (κ2) is 5.04. The first-order valence-electron chi connectivity index (χ1n) is 5.74. The fourth-order valence-electron chi connectivity index (χ4n) is 1.86. The largest absolute Gasteiger partial charge is 0.348 e. The summed E-state index contributed by atoms with van der Waals surface area (Å²) in [5.74, 6) is -0.611. The van der Waals surface area contributed by atoms with Gasteiger partial charge in [0.05, 0.1) is 6.54 Å². The van der Waals surface area contributed by atoms with Crippen LogP contribution in [-0.4, -0.2) is 26.1 Å². The summed E-state index contributed by atoms with van der Waals surface area (Å²) in [6.45, 7) is 0.150. The molecule has 102 valence electrons. The van der Waals surface area contributed by atoms with E-state index in [0.29, 0.717) is 16.7 Å². The zero-order valence-electron chi connectivity index (χ0n) is 10.1. The molecule has 0 aliphatic rings. The number of fused-ring (bicyclic) bond motifs is 1. The zero-order chi connectivity index (χ0) is 14.1. The monoisotopic (exact) mass is 337 g/mol. The third kappa shape index (κ3) is 2.29. The maximum Gasteiger partial charge on any atom is 0.271 e. The standard InChI is InChI=1S/C12H9BrFN5O/c13-6-1-2-8-7(3-6)10(14)11(18-8)12(20)15-4-9-16-5-17-19-9/h1-3,5,18H,4H2,(H,15,20)(H,16,17,19). The Morgan fingerprint density at radius 2 is 2.30 bits per heavy atom. The molecule has 0 aliphatic heterocycles. The molecule has 0 radical (unpaired) electrons. The molecule has 2 heterocycles. The molecule has 0 unspecified atom stereocenters. The van der Waals surface area contributed by atoms with Gasteiger partial charge in [0.2, 0.25) is 0 Å². The minimum absolute atomic E-state index is 0.0994. The first kappa shape index (κ1) is 12.8. The Balaban J connectivity index is 1.86. The van der Waals surface area contributed by atoms with Gasteiger partial charge in [-0.1, -0.05) is 15.9 Å². The lowest BCUT2D eigenvalue weighted by Crippen LogP contribution is -2.24. The zero-order valence-corrected chi connectivity index (χ0v) is 11.7. The van der Waals surface area contributed by atoms with Gasteiger partial charge in [-0.2, -0.15) is 5.10 Å². The summed E-state index contributed by atoms with van der Waals surface area (Å²) in [4.78, 5) is 18.6. The van der Waals surface area contributed by atoms with Crippen LogP contribution in [0.2, 0.25) is 0 Å². The Morgan fingerprint density at radius 1 is 1.45 bits per heavy atom. The molecule has 6 nitrogen and oxygen atoms in total. The molecular weight excluding hydrogens is 329 g/mol. The van der Waals surface area contributed by atoms with Crippen LogP contribution < -0.4 is 5.32 Å². The summed E-state index contributed by atoms with van der Waals surface area (Å²) in [6.07, 6.45) is 1.34. The molecule has 0 fully saturated rings. The maximum atomic E-state index is 14.2. The number of halogens is 2. The van der Waals surface area contributed by atoms with E-state index in [1.807, 2.05) is 0 Å². The van der Waals surface area contributed by atoms with E-state index in [4.69, 9.17) is 0 Å². The van der Waals surface area contributed by atoms with E-state index in [1.165, 1.54) is 6.33 Å². The number of benzene rings is 1. The van der Waals surface area contributed by atoms with Gasteiger partial charge >= 0.3 is 0 Å². The van der Waals surface area contributed by atoms with E-state index >= 15 is 0 Å². The molecule has 3 N–H and O–H groups in total. The van der Waals surface area contributed by atoms with E-state index in [1.54, 1.807) is 18.2 Å². The Kier molecular flexibility index (Phi) is 3.23. The van der Waals surface area contributed by atoms with Gasteiger partial charge in [-0.25, -0.2) is 9.37 Å². The third-order valence-corrected chi connectivity index (χ3v) is 3.30. The van der Waals surface area contributed by atoms with Crippen molar-refractivity contribution in [3.05, 3.63) is 46.3 Å². The number of aromatic amines is 2. The lowest BCUT2D eigenvalue weighted by molar-refractivity contribution is 0.0941. The molecule has 8 heteroatoms. The summed E-state index contributed by atoms with van der Waals surface area (Å²) in [5.41, 5.74) is 0.466. The molecule has 0 saturated carbocycles. The van der Waals surface area contributed by atoms with Gasteiger partial charge in [0.25, 0.3) is 5.91 Å². The van der Waals surface area contributed by atoms with Crippen LogP contribution >= 0.6 is 15.9 Å². The topological polar surface area (TPSA) is 86.5 Å². The van der Waals surface area contributed by atoms with Gasteiger partial charge in [0.15, 0.2) is 5.82 Å². The maximum absolute atomic E-state index is 14.2. The molecular formula is C12H9BrFN5O. The number of nitrogens with zero attached hydrogens (tertiary/aromatic N) is 2. The molecule has 3 rings (SSSR count). The van der Waals surface area contributed by atoms with Crippen molar-refractivity contribution >= 4 is 32.7 Å². The predicted molar refractivity (Wildman–Crippen MR) is 73.5 cm³/mol. The van der Waals surface area contributed by atoms with Crippen molar-refractivity contribution in [1.82, 2.24) is 25.5 Å². The Hall–Kier alpha value is -2.22. The van der Waals surface area contributed by atoms with Crippen LogP contribution in [0.5, 0.6) is 0 Å². The van der Waals surface area contributed by atoms with Crippen LogP contribution in [0.15, 0.2) is 29.0 Å². The van der Waals surface area contributed by atoms with Crippen molar-refractivity contribution in [1.29, 1.82) is 0 Å². The van der Waals surface area contributed by atoms with Crippen LogP contribution in [0.3, 0.4) is 0 Å². The van der Waals surface area contributed by atoms with E-state index < -0.39 is 11.7 Å². The molecule has 0 aliphatic carbocycles. The Morgan fingerprint density at radius 3 is 3.05 bits per heavy atom. The number of aromatic nitrogens is 4. The number of rotatable bonds is 3. The van der Waals surface area contributed by atoms with Crippen molar-refractivity contribution in [3.63, 3.8) is 0 Å². The average Bonchev–Trinajstić information content (AvgIpc) is 3.05. The second-order valence-electron chi connectivity index (χ2n) is 4.12. The lowest BCUT2D eigenvalue weighted by atomic mass is 10.2. The van der Waals surface area contributed by atoms with E-state index in [-0.39, 0.29) is 12.2 Å². The van der Waals surface area contributed by atoms with Crippen molar-refractivity contribution < 1.29 is 9.18 Å². The summed E-state index contributed by atoms with van der Waals surface area (Å²) in [6, 6.07) is 5.10. The summed E-state index contributed by atoms with van der Waals surface area (Å²) < 4.78 is 14.9. The van der Waals surface area contributed by atoms with Gasteiger partial charge in [0.1, 0.15) is 17.8 Å². The summed E-state index contributed by atoms with van der Waals surface area (Å²) in [7, 11) is 0. The van der Waals surface area contributed by atoms with E-state index in [2.05, 4.69) is 41.4 Å². The minimum atomic E-state index is -0.573.